The first-order chi connectivity index (χ1) is 11.6. The van der Waals surface area contributed by atoms with E-state index < -0.39 is 0 Å². The standard InChI is InChI=1S/C18H23N3O2S/c1-11-14-16(19-13-8-5-9-21(13)17(14)22)24-15(11)18(23)20(2)10-12-6-3-4-7-12/h12H,3-10H2,1-2H3. The molecule has 4 rings (SSSR count). The van der Waals surface area contributed by atoms with E-state index in [4.69, 9.17) is 0 Å². The van der Waals surface area contributed by atoms with Gasteiger partial charge in [0.1, 0.15) is 10.7 Å². The van der Waals surface area contributed by atoms with Crippen molar-refractivity contribution in [1.29, 1.82) is 0 Å². The van der Waals surface area contributed by atoms with E-state index in [9.17, 15) is 9.59 Å². The zero-order chi connectivity index (χ0) is 16.8. The SMILES string of the molecule is Cc1c(C(=O)N(C)CC2CCCC2)sc2nc3n(c(=O)c12)CCC3. The average molecular weight is 345 g/mol. The zero-order valence-electron chi connectivity index (χ0n) is 14.3. The number of aryl methyl sites for hydroxylation is 2. The Kier molecular flexibility index (Phi) is 3.95. The van der Waals surface area contributed by atoms with Gasteiger partial charge in [-0.05, 0) is 37.7 Å². The predicted octanol–water partition coefficient (Wildman–Crippen LogP) is 2.97. The van der Waals surface area contributed by atoms with Gasteiger partial charge in [0.25, 0.3) is 11.5 Å². The topological polar surface area (TPSA) is 55.2 Å². The molecule has 2 aromatic rings. The van der Waals surface area contributed by atoms with Crippen LogP contribution in [-0.4, -0.2) is 34.0 Å². The molecule has 0 spiro atoms. The van der Waals surface area contributed by atoms with Crippen LogP contribution in [0.4, 0.5) is 0 Å². The maximum Gasteiger partial charge on any atom is 0.264 e. The molecule has 2 aromatic heterocycles. The maximum absolute atomic E-state index is 12.9. The minimum Gasteiger partial charge on any atom is -0.341 e. The molecule has 1 fully saturated rings. The molecular weight excluding hydrogens is 322 g/mol. The highest BCUT2D eigenvalue weighted by Gasteiger charge is 2.26. The Morgan fingerprint density at radius 2 is 2.08 bits per heavy atom. The molecule has 0 unspecified atom stereocenters. The quantitative estimate of drug-likeness (QED) is 0.859. The monoisotopic (exact) mass is 345 g/mol. The predicted molar refractivity (Wildman–Crippen MR) is 95.9 cm³/mol. The molecule has 0 radical (unpaired) electrons. The molecule has 5 nitrogen and oxygen atoms in total. The third kappa shape index (κ3) is 2.48. The smallest absolute Gasteiger partial charge is 0.264 e. The molecule has 1 amide bonds. The van der Waals surface area contributed by atoms with Crippen LogP contribution in [0.2, 0.25) is 0 Å². The Hall–Kier alpha value is -1.69. The molecule has 0 atom stereocenters. The molecule has 24 heavy (non-hydrogen) atoms. The fourth-order valence-electron chi connectivity index (χ4n) is 4.12. The van der Waals surface area contributed by atoms with E-state index in [0.717, 1.165) is 42.1 Å². The maximum atomic E-state index is 12.9. The van der Waals surface area contributed by atoms with Crippen molar-refractivity contribution in [2.24, 2.45) is 5.92 Å². The van der Waals surface area contributed by atoms with Gasteiger partial charge in [-0.1, -0.05) is 12.8 Å². The van der Waals surface area contributed by atoms with Crippen LogP contribution >= 0.6 is 11.3 Å². The molecule has 0 saturated heterocycles. The highest BCUT2D eigenvalue weighted by molar-refractivity contribution is 7.20. The van der Waals surface area contributed by atoms with Gasteiger partial charge in [0.05, 0.1) is 10.3 Å². The molecule has 128 valence electrons. The van der Waals surface area contributed by atoms with Gasteiger partial charge in [-0.3, -0.25) is 14.2 Å². The summed E-state index contributed by atoms with van der Waals surface area (Å²) in [6.45, 7) is 3.45. The lowest BCUT2D eigenvalue weighted by molar-refractivity contribution is 0.0777. The summed E-state index contributed by atoms with van der Waals surface area (Å²) < 4.78 is 1.78. The molecule has 1 aliphatic carbocycles. The van der Waals surface area contributed by atoms with Crippen molar-refractivity contribution in [3.05, 3.63) is 26.6 Å². The zero-order valence-corrected chi connectivity index (χ0v) is 15.1. The Bertz CT molecular complexity index is 861. The summed E-state index contributed by atoms with van der Waals surface area (Å²) in [6, 6.07) is 0. The van der Waals surface area contributed by atoms with E-state index in [1.165, 1.54) is 37.0 Å². The van der Waals surface area contributed by atoms with Crippen molar-refractivity contribution in [1.82, 2.24) is 14.5 Å². The van der Waals surface area contributed by atoms with Crippen LogP contribution in [0.25, 0.3) is 10.2 Å². The molecule has 3 heterocycles. The largest absolute Gasteiger partial charge is 0.341 e. The van der Waals surface area contributed by atoms with Crippen molar-refractivity contribution < 1.29 is 4.79 Å². The third-order valence-electron chi connectivity index (χ3n) is 5.46. The highest BCUT2D eigenvalue weighted by atomic mass is 32.1. The summed E-state index contributed by atoms with van der Waals surface area (Å²) in [4.78, 5) is 33.5. The molecular formula is C18H23N3O2S. The van der Waals surface area contributed by atoms with Crippen LogP contribution in [0.3, 0.4) is 0 Å². The van der Waals surface area contributed by atoms with Crippen LogP contribution in [0.5, 0.6) is 0 Å². The van der Waals surface area contributed by atoms with Gasteiger partial charge < -0.3 is 4.90 Å². The molecule has 2 aliphatic rings. The number of fused-ring (bicyclic) bond motifs is 2. The van der Waals surface area contributed by atoms with Gasteiger partial charge in [0.2, 0.25) is 0 Å². The van der Waals surface area contributed by atoms with Crippen LogP contribution in [0, 0.1) is 12.8 Å². The fraction of sp³-hybridized carbons (Fsp3) is 0.611. The van der Waals surface area contributed by atoms with E-state index in [0.29, 0.717) is 16.2 Å². The molecule has 6 heteroatoms. The lowest BCUT2D eigenvalue weighted by atomic mass is 10.1. The van der Waals surface area contributed by atoms with Gasteiger partial charge in [0.15, 0.2) is 0 Å². The van der Waals surface area contributed by atoms with E-state index in [1.54, 1.807) is 4.57 Å². The first-order valence-corrected chi connectivity index (χ1v) is 9.66. The molecule has 1 saturated carbocycles. The number of carbonyl (C=O) groups is 1. The fourth-order valence-corrected chi connectivity index (χ4v) is 5.30. The van der Waals surface area contributed by atoms with Crippen molar-refractivity contribution in [2.45, 2.75) is 52.0 Å². The number of carbonyl (C=O) groups excluding carboxylic acids is 1. The number of hydrogen-bond donors (Lipinski definition) is 0. The van der Waals surface area contributed by atoms with Crippen molar-refractivity contribution >= 4 is 27.5 Å². The summed E-state index contributed by atoms with van der Waals surface area (Å²) >= 11 is 1.38. The number of amides is 1. The number of hydrogen-bond acceptors (Lipinski definition) is 4. The lowest BCUT2D eigenvalue weighted by Gasteiger charge is -2.20. The summed E-state index contributed by atoms with van der Waals surface area (Å²) in [5.41, 5.74) is 0.830. The van der Waals surface area contributed by atoms with Crippen LogP contribution < -0.4 is 5.56 Å². The number of nitrogens with zero attached hydrogens (tertiary/aromatic N) is 3. The summed E-state index contributed by atoms with van der Waals surface area (Å²) in [7, 11) is 1.88. The summed E-state index contributed by atoms with van der Waals surface area (Å²) in [5.74, 6) is 1.53. The molecule has 0 aromatic carbocycles. The normalized spacial score (nSPS) is 17.6. The van der Waals surface area contributed by atoms with Crippen molar-refractivity contribution in [3.8, 4) is 0 Å². The van der Waals surface area contributed by atoms with E-state index in [-0.39, 0.29) is 11.5 Å². The van der Waals surface area contributed by atoms with Gasteiger partial charge in [0, 0.05) is 26.6 Å². The van der Waals surface area contributed by atoms with Gasteiger partial charge in [-0.2, -0.15) is 0 Å². The average Bonchev–Trinajstić information content (AvgIpc) is 3.27. The Labute approximate surface area is 145 Å². The molecule has 0 bridgehead atoms. The van der Waals surface area contributed by atoms with Gasteiger partial charge >= 0.3 is 0 Å². The molecule has 1 aliphatic heterocycles. The number of aromatic nitrogens is 2. The first kappa shape index (κ1) is 15.8. The Morgan fingerprint density at radius 3 is 2.83 bits per heavy atom. The van der Waals surface area contributed by atoms with Crippen LogP contribution in [-0.2, 0) is 13.0 Å². The van der Waals surface area contributed by atoms with E-state index in [1.807, 2.05) is 18.9 Å². The second-order valence-electron chi connectivity index (χ2n) is 7.16. The van der Waals surface area contributed by atoms with E-state index >= 15 is 0 Å². The van der Waals surface area contributed by atoms with Gasteiger partial charge in [-0.15, -0.1) is 11.3 Å². The lowest BCUT2D eigenvalue weighted by Crippen LogP contribution is -2.31. The van der Waals surface area contributed by atoms with Crippen LogP contribution in [0.1, 0.15) is 53.2 Å². The summed E-state index contributed by atoms with van der Waals surface area (Å²) in [6.07, 6.45) is 6.83. The van der Waals surface area contributed by atoms with Crippen molar-refractivity contribution in [2.75, 3.05) is 13.6 Å². The van der Waals surface area contributed by atoms with Crippen molar-refractivity contribution in [3.63, 3.8) is 0 Å². The second-order valence-corrected chi connectivity index (χ2v) is 8.16. The molecule has 0 N–H and O–H groups in total. The minimum absolute atomic E-state index is 0.0266. The Balaban J connectivity index is 1.69. The highest BCUT2D eigenvalue weighted by Crippen LogP contribution is 2.31. The minimum atomic E-state index is 0.0266. The summed E-state index contributed by atoms with van der Waals surface area (Å²) in [5, 5.41) is 0.642. The third-order valence-corrected chi connectivity index (χ3v) is 6.63. The van der Waals surface area contributed by atoms with Crippen LogP contribution in [0.15, 0.2) is 4.79 Å². The Morgan fingerprint density at radius 1 is 1.33 bits per heavy atom. The number of rotatable bonds is 3. The second kappa shape index (κ2) is 5.99. The first-order valence-electron chi connectivity index (χ1n) is 8.84. The van der Waals surface area contributed by atoms with E-state index in [2.05, 4.69) is 4.98 Å². The van der Waals surface area contributed by atoms with Gasteiger partial charge in [-0.25, -0.2) is 4.98 Å². The number of thiophene rings is 1.